The molecule has 4 N–H and O–H groups in total. The first-order valence-electron chi connectivity index (χ1n) is 8.53. The van der Waals surface area contributed by atoms with Crippen molar-refractivity contribution in [2.45, 2.75) is 24.9 Å². The molecule has 1 aliphatic rings. The Morgan fingerprint density at radius 2 is 1.81 bits per heavy atom. The minimum absolute atomic E-state index is 0.111. The molecule has 1 aliphatic heterocycles. The van der Waals surface area contributed by atoms with Crippen LogP contribution in [0.3, 0.4) is 0 Å². The zero-order chi connectivity index (χ0) is 19.2. The number of hydrogen-bond donors (Lipinski definition) is 4. The van der Waals surface area contributed by atoms with E-state index in [1.54, 1.807) is 12.1 Å². The minimum atomic E-state index is -0.385. The number of nitrogens with one attached hydrogen (secondary N) is 4. The van der Waals surface area contributed by atoms with Crippen LogP contribution in [-0.4, -0.2) is 29.1 Å². The van der Waals surface area contributed by atoms with Gasteiger partial charge in [-0.05, 0) is 43.2 Å². The van der Waals surface area contributed by atoms with Gasteiger partial charge in [-0.25, -0.2) is 10.9 Å². The second-order valence-corrected chi connectivity index (χ2v) is 7.82. The van der Waals surface area contributed by atoms with Crippen LogP contribution in [0.1, 0.15) is 11.1 Å². The van der Waals surface area contributed by atoms with E-state index in [1.807, 2.05) is 43.3 Å². The van der Waals surface area contributed by atoms with E-state index in [1.165, 1.54) is 11.8 Å². The number of anilines is 1. The smallest absolute Gasteiger partial charge is 0.240 e. The number of benzene rings is 2. The fourth-order valence-electron chi connectivity index (χ4n) is 2.58. The third kappa shape index (κ3) is 5.97. The molecule has 1 saturated heterocycles. The highest BCUT2D eigenvalue weighted by Gasteiger charge is 2.27. The van der Waals surface area contributed by atoms with Gasteiger partial charge >= 0.3 is 0 Å². The molecule has 3 rings (SSSR count). The molecule has 2 unspecified atom stereocenters. The van der Waals surface area contributed by atoms with Crippen molar-refractivity contribution in [3.8, 4) is 0 Å². The van der Waals surface area contributed by atoms with Gasteiger partial charge in [0.15, 0.2) is 0 Å². The van der Waals surface area contributed by atoms with Gasteiger partial charge in [-0.15, -0.1) is 11.8 Å². The van der Waals surface area contributed by atoms with Gasteiger partial charge < -0.3 is 10.6 Å². The van der Waals surface area contributed by atoms with Gasteiger partial charge in [-0.1, -0.05) is 41.4 Å². The number of hydrazine groups is 1. The van der Waals surface area contributed by atoms with Crippen LogP contribution < -0.4 is 21.5 Å². The number of rotatable bonds is 6. The highest BCUT2D eigenvalue weighted by atomic mass is 35.5. The third-order valence-electron chi connectivity index (χ3n) is 4.05. The predicted octanol–water partition coefficient (Wildman–Crippen LogP) is 2.44. The highest BCUT2D eigenvalue weighted by molar-refractivity contribution is 8.00. The van der Waals surface area contributed by atoms with Gasteiger partial charge in [0.1, 0.15) is 11.5 Å². The van der Waals surface area contributed by atoms with Gasteiger partial charge in [0, 0.05) is 10.7 Å². The average Bonchev–Trinajstić information content (AvgIpc) is 2.66. The second-order valence-electron chi connectivity index (χ2n) is 6.29. The maximum atomic E-state index is 12.3. The van der Waals surface area contributed by atoms with E-state index in [0.717, 1.165) is 16.8 Å². The first kappa shape index (κ1) is 19.7. The molecule has 0 bridgehead atoms. The van der Waals surface area contributed by atoms with Crippen LogP contribution in [0, 0.1) is 6.92 Å². The summed E-state index contributed by atoms with van der Waals surface area (Å²) in [4.78, 5) is 24.3. The van der Waals surface area contributed by atoms with E-state index in [4.69, 9.17) is 11.6 Å². The van der Waals surface area contributed by atoms with Crippen LogP contribution in [0.2, 0.25) is 5.02 Å². The van der Waals surface area contributed by atoms with Gasteiger partial charge in [-0.3, -0.25) is 9.59 Å². The number of halogens is 1. The Hall–Kier alpha value is -2.06. The molecule has 2 aromatic rings. The Morgan fingerprint density at radius 1 is 1.11 bits per heavy atom. The number of carbonyl (C=O) groups excluding carboxylic acids is 2. The number of carbonyl (C=O) groups is 2. The molecule has 0 aromatic heterocycles. The van der Waals surface area contributed by atoms with Crippen molar-refractivity contribution in [2.75, 3.05) is 11.1 Å². The lowest BCUT2D eigenvalue weighted by molar-refractivity contribution is -0.125. The molecule has 1 fully saturated rings. The molecule has 142 valence electrons. The molecule has 0 saturated carbocycles. The van der Waals surface area contributed by atoms with Crippen LogP contribution in [0.15, 0.2) is 48.5 Å². The van der Waals surface area contributed by atoms with E-state index in [-0.39, 0.29) is 29.1 Å². The standard InChI is InChI=1S/C19H21ClN4O2S/c1-12-2-8-15(9-3-12)21-17(25)11-27-19-22-18(26)16(23-24-19)10-13-4-6-14(20)7-5-13/h2-9,16,19,23-24H,10-11H2,1H3,(H,21,25)(H,22,26). The zero-order valence-corrected chi connectivity index (χ0v) is 16.4. The average molecular weight is 405 g/mol. The zero-order valence-electron chi connectivity index (χ0n) is 14.8. The quantitative estimate of drug-likeness (QED) is 0.594. The molecule has 6 nitrogen and oxygen atoms in total. The molecule has 0 spiro atoms. The minimum Gasteiger partial charge on any atom is -0.329 e. The number of aryl methyl sites for hydroxylation is 1. The van der Waals surface area contributed by atoms with E-state index in [2.05, 4.69) is 21.5 Å². The Balaban J connectivity index is 1.42. The molecule has 8 heteroatoms. The first-order valence-corrected chi connectivity index (χ1v) is 9.96. The van der Waals surface area contributed by atoms with Crippen molar-refractivity contribution < 1.29 is 9.59 Å². The normalized spacial score (nSPS) is 19.4. The topological polar surface area (TPSA) is 82.3 Å². The maximum Gasteiger partial charge on any atom is 0.240 e. The molecule has 27 heavy (non-hydrogen) atoms. The van der Waals surface area contributed by atoms with Gasteiger partial charge in [0.25, 0.3) is 0 Å². The number of hydrogen-bond acceptors (Lipinski definition) is 5. The Kier molecular flexibility index (Phi) is 6.73. The number of thioether (sulfide) groups is 1. The summed E-state index contributed by atoms with van der Waals surface area (Å²) in [6, 6.07) is 14.6. The lowest BCUT2D eigenvalue weighted by Gasteiger charge is -2.31. The van der Waals surface area contributed by atoms with Crippen LogP contribution in [-0.2, 0) is 16.0 Å². The van der Waals surface area contributed by atoms with Crippen LogP contribution in [0.25, 0.3) is 0 Å². The Labute approximate surface area is 167 Å². The monoisotopic (exact) mass is 404 g/mol. The molecule has 2 aromatic carbocycles. The molecule has 2 atom stereocenters. The second kappa shape index (κ2) is 9.23. The van der Waals surface area contributed by atoms with Crippen LogP contribution in [0.5, 0.6) is 0 Å². The van der Waals surface area contributed by atoms with E-state index >= 15 is 0 Å². The predicted molar refractivity (Wildman–Crippen MR) is 109 cm³/mol. The van der Waals surface area contributed by atoms with E-state index in [9.17, 15) is 9.59 Å². The summed E-state index contributed by atoms with van der Waals surface area (Å²) >= 11 is 7.18. The molecular weight excluding hydrogens is 384 g/mol. The van der Waals surface area contributed by atoms with Crippen molar-refractivity contribution in [2.24, 2.45) is 0 Å². The summed E-state index contributed by atoms with van der Waals surface area (Å²) in [6.07, 6.45) is 0.543. The van der Waals surface area contributed by atoms with Crippen molar-refractivity contribution in [3.05, 3.63) is 64.7 Å². The lowest BCUT2D eigenvalue weighted by Crippen LogP contribution is -2.64. The van der Waals surface area contributed by atoms with Gasteiger partial charge in [0.2, 0.25) is 11.8 Å². The summed E-state index contributed by atoms with van der Waals surface area (Å²) in [6.45, 7) is 1.99. The fourth-order valence-corrected chi connectivity index (χ4v) is 3.45. The summed E-state index contributed by atoms with van der Waals surface area (Å²) in [7, 11) is 0. The third-order valence-corrected chi connectivity index (χ3v) is 5.30. The SMILES string of the molecule is Cc1ccc(NC(=O)CSC2NNC(Cc3ccc(Cl)cc3)C(=O)N2)cc1. The van der Waals surface area contributed by atoms with Crippen molar-refractivity contribution in [1.29, 1.82) is 0 Å². The largest absolute Gasteiger partial charge is 0.329 e. The maximum absolute atomic E-state index is 12.3. The molecule has 1 heterocycles. The van der Waals surface area contributed by atoms with Crippen LogP contribution in [0.4, 0.5) is 5.69 Å². The lowest BCUT2D eigenvalue weighted by atomic mass is 10.1. The summed E-state index contributed by atoms with van der Waals surface area (Å²) < 4.78 is 0. The van der Waals surface area contributed by atoms with Crippen molar-refractivity contribution >= 4 is 40.9 Å². The molecule has 0 aliphatic carbocycles. The summed E-state index contributed by atoms with van der Waals surface area (Å²) in [5.41, 5.74) is 8.58. The number of amides is 2. The van der Waals surface area contributed by atoms with Crippen molar-refractivity contribution in [1.82, 2.24) is 16.2 Å². The fraction of sp³-hybridized carbons (Fsp3) is 0.263. The summed E-state index contributed by atoms with van der Waals surface area (Å²) in [5, 5.41) is 6.37. The van der Waals surface area contributed by atoms with Gasteiger partial charge in [-0.2, -0.15) is 0 Å². The van der Waals surface area contributed by atoms with E-state index < -0.39 is 0 Å². The Bertz CT molecular complexity index is 798. The highest BCUT2D eigenvalue weighted by Crippen LogP contribution is 2.14. The van der Waals surface area contributed by atoms with Crippen LogP contribution >= 0.6 is 23.4 Å². The molecule has 2 amide bonds. The molecular formula is C19H21ClN4O2S. The van der Waals surface area contributed by atoms with Crippen molar-refractivity contribution in [3.63, 3.8) is 0 Å². The Morgan fingerprint density at radius 3 is 2.48 bits per heavy atom. The first-order chi connectivity index (χ1) is 13.0. The van der Waals surface area contributed by atoms with Gasteiger partial charge in [0.05, 0.1) is 5.75 Å². The van der Waals surface area contributed by atoms with E-state index in [0.29, 0.717) is 11.4 Å². The summed E-state index contributed by atoms with van der Waals surface area (Å²) in [5.74, 6) is -0.0154. The molecule has 0 radical (unpaired) electrons.